The van der Waals surface area contributed by atoms with Crippen molar-refractivity contribution in [1.82, 2.24) is 5.32 Å². The molecule has 0 aromatic rings. The van der Waals surface area contributed by atoms with Crippen molar-refractivity contribution in [2.45, 2.75) is 51.4 Å². The molecule has 1 rings (SSSR count). The average molecular weight is 266 g/mol. The first kappa shape index (κ1) is 20.2. The van der Waals surface area contributed by atoms with Crippen molar-refractivity contribution in [3.63, 3.8) is 0 Å². The number of carbonyl (C=O) groups is 2. The predicted molar refractivity (Wildman–Crippen MR) is 64.0 cm³/mol. The molecule has 1 heterocycles. The fourth-order valence-electron chi connectivity index (χ4n) is 1.49. The molecule has 5 nitrogen and oxygen atoms in total. The Labute approximate surface area is 131 Å². The molecule has 1 saturated heterocycles. The molecule has 1 aliphatic heterocycles. The zero-order valence-electron chi connectivity index (χ0n) is 11.4. The van der Waals surface area contributed by atoms with Crippen molar-refractivity contribution < 1.29 is 44.3 Å². The number of carboxylic acids is 1. The number of hydrogen-bond acceptors (Lipinski definition) is 4. The van der Waals surface area contributed by atoms with Crippen molar-refractivity contribution in [3.05, 3.63) is 0 Å². The average Bonchev–Trinajstić information content (AvgIpc) is 2.53. The van der Waals surface area contributed by atoms with E-state index in [9.17, 15) is 14.7 Å². The number of hydrogen-bond donors (Lipinski definition) is 2. The second kappa shape index (κ2) is 15.0. The van der Waals surface area contributed by atoms with Crippen LogP contribution in [0.25, 0.3) is 0 Å². The van der Waals surface area contributed by atoms with Crippen molar-refractivity contribution in [1.29, 1.82) is 0 Å². The van der Waals surface area contributed by atoms with Gasteiger partial charge in [-0.3, -0.25) is 4.79 Å². The number of carboxylic acid groups (broad SMARTS) is 1. The maximum Gasteiger partial charge on any atom is 1.00 e. The molecular formula is C12H23N2NaO3. The molecule has 0 bridgehead atoms. The minimum Gasteiger partial charge on any atom is -0.550 e. The van der Waals surface area contributed by atoms with E-state index in [1.807, 2.05) is 0 Å². The fourth-order valence-corrected chi connectivity index (χ4v) is 1.49. The first-order chi connectivity index (χ1) is 8.16. The second-order valence-electron chi connectivity index (χ2n) is 4.13. The van der Waals surface area contributed by atoms with Crippen molar-refractivity contribution in [2.75, 3.05) is 13.1 Å². The molecule has 18 heavy (non-hydrogen) atoms. The van der Waals surface area contributed by atoms with Crippen LogP contribution in [0.3, 0.4) is 0 Å². The summed E-state index contributed by atoms with van der Waals surface area (Å²) in [7, 11) is 0. The minimum atomic E-state index is -0.966. The van der Waals surface area contributed by atoms with Gasteiger partial charge in [0.1, 0.15) is 0 Å². The zero-order chi connectivity index (χ0) is 12.9. The van der Waals surface area contributed by atoms with E-state index in [0.717, 1.165) is 38.6 Å². The van der Waals surface area contributed by atoms with E-state index in [1.54, 1.807) is 0 Å². The third kappa shape index (κ3) is 15.9. The summed E-state index contributed by atoms with van der Waals surface area (Å²) in [5.41, 5.74) is 5.18. The summed E-state index contributed by atoms with van der Waals surface area (Å²) in [5, 5.41) is 12.6. The Morgan fingerprint density at radius 2 is 1.94 bits per heavy atom. The molecule has 3 N–H and O–H groups in total. The summed E-state index contributed by atoms with van der Waals surface area (Å²) in [6, 6.07) is 0. The van der Waals surface area contributed by atoms with E-state index < -0.39 is 5.97 Å². The van der Waals surface area contributed by atoms with Crippen molar-refractivity contribution >= 4 is 11.9 Å². The van der Waals surface area contributed by atoms with Gasteiger partial charge in [0.05, 0.1) is 0 Å². The monoisotopic (exact) mass is 266 g/mol. The molecule has 0 aliphatic carbocycles. The van der Waals surface area contributed by atoms with Gasteiger partial charge in [-0.15, -0.1) is 0 Å². The maximum absolute atomic E-state index is 10.6. The van der Waals surface area contributed by atoms with Crippen LogP contribution in [0.1, 0.15) is 51.4 Å². The minimum absolute atomic E-state index is 0. The molecule has 0 spiro atoms. The van der Waals surface area contributed by atoms with Gasteiger partial charge < -0.3 is 21.0 Å². The smallest absolute Gasteiger partial charge is 0.550 e. The first-order valence-corrected chi connectivity index (χ1v) is 6.33. The van der Waals surface area contributed by atoms with Gasteiger partial charge in [0, 0.05) is 18.9 Å². The number of carbonyl (C=O) groups excluding carboxylic acids is 2. The zero-order valence-corrected chi connectivity index (χ0v) is 13.4. The molecule has 0 saturated carbocycles. The van der Waals surface area contributed by atoms with Crippen LogP contribution in [-0.2, 0) is 9.59 Å². The van der Waals surface area contributed by atoms with Crippen LogP contribution in [0.15, 0.2) is 0 Å². The van der Waals surface area contributed by atoms with E-state index >= 15 is 0 Å². The SMILES string of the molecule is NCCCCCC(=O)[O-].O=C1CCCCCN1.[Na+]. The maximum atomic E-state index is 10.6. The molecule has 0 atom stereocenters. The molecule has 0 unspecified atom stereocenters. The molecule has 1 aliphatic rings. The summed E-state index contributed by atoms with van der Waals surface area (Å²) >= 11 is 0. The summed E-state index contributed by atoms with van der Waals surface area (Å²) < 4.78 is 0. The number of nitrogens with one attached hydrogen (secondary N) is 1. The van der Waals surface area contributed by atoms with E-state index in [1.165, 1.54) is 6.42 Å². The van der Waals surface area contributed by atoms with Crippen LogP contribution in [0.2, 0.25) is 0 Å². The van der Waals surface area contributed by atoms with E-state index in [4.69, 9.17) is 5.73 Å². The molecule has 0 aromatic heterocycles. The summed E-state index contributed by atoms with van der Waals surface area (Å²) in [4.78, 5) is 20.4. The summed E-state index contributed by atoms with van der Waals surface area (Å²) in [6.45, 7) is 1.53. The Hall–Kier alpha value is -0.100. The Morgan fingerprint density at radius 1 is 1.22 bits per heavy atom. The van der Waals surface area contributed by atoms with Gasteiger partial charge in [-0.25, -0.2) is 0 Å². The quantitative estimate of drug-likeness (QED) is 0.408. The van der Waals surface area contributed by atoms with Gasteiger partial charge in [-0.05, 0) is 38.6 Å². The molecular weight excluding hydrogens is 243 g/mol. The second-order valence-corrected chi connectivity index (χ2v) is 4.13. The topological polar surface area (TPSA) is 95.2 Å². The van der Waals surface area contributed by atoms with Gasteiger partial charge in [-0.2, -0.15) is 0 Å². The molecule has 1 fully saturated rings. The van der Waals surface area contributed by atoms with Crippen LogP contribution in [0.5, 0.6) is 0 Å². The van der Waals surface area contributed by atoms with Crippen LogP contribution in [0, 0.1) is 0 Å². The first-order valence-electron chi connectivity index (χ1n) is 6.33. The number of unbranched alkanes of at least 4 members (excludes halogenated alkanes) is 2. The summed E-state index contributed by atoms with van der Waals surface area (Å²) in [6.07, 6.45) is 6.84. The molecule has 6 heteroatoms. The summed E-state index contributed by atoms with van der Waals surface area (Å²) in [5.74, 6) is -0.741. The van der Waals surface area contributed by atoms with Crippen molar-refractivity contribution in [3.8, 4) is 0 Å². The normalized spacial score (nSPS) is 14.4. The van der Waals surface area contributed by atoms with Gasteiger partial charge in [0.2, 0.25) is 5.91 Å². The van der Waals surface area contributed by atoms with E-state index in [0.29, 0.717) is 13.0 Å². The van der Waals surface area contributed by atoms with Crippen molar-refractivity contribution in [2.24, 2.45) is 5.73 Å². The number of nitrogens with two attached hydrogens (primary N) is 1. The predicted octanol–water partition coefficient (Wildman–Crippen LogP) is -3.06. The third-order valence-electron chi connectivity index (χ3n) is 2.49. The number of amides is 1. The number of rotatable bonds is 5. The van der Waals surface area contributed by atoms with Gasteiger partial charge in [0.25, 0.3) is 0 Å². The fraction of sp³-hybridized carbons (Fsp3) is 0.833. The Kier molecular flexibility index (Phi) is 16.8. The van der Waals surface area contributed by atoms with Gasteiger partial charge in [0.15, 0.2) is 0 Å². The molecule has 0 aromatic carbocycles. The third-order valence-corrected chi connectivity index (χ3v) is 2.49. The van der Waals surface area contributed by atoms with Crippen LogP contribution in [-0.4, -0.2) is 25.0 Å². The number of aliphatic carboxylic acids is 1. The van der Waals surface area contributed by atoms with Crippen LogP contribution in [0.4, 0.5) is 0 Å². The van der Waals surface area contributed by atoms with Crippen LogP contribution < -0.4 is 45.7 Å². The Morgan fingerprint density at radius 3 is 2.56 bits per heavy atom. The van der Waals surface area contributed by atoms with E-state index in [-0.39, 0.29) is 41.9 Å². The Bertz CT molecular complexity index is 215. The van der Waals surface area contributed by atoms with Gasteiger partial charge >= 0.3 is 29.6 Å². The largest absolute Gasteiger partial charge is 1.00 e. The molecule has 0 radical (unpaired) electrons. The Balaban J connectivity index is 0. The van der Waals surface area contributed by atoms with Gasteiger partial charge in [-0.1, -0.05) is 12.8 Å². The molecule has 100 valence electrons. The van der Waals surface area contributed by atoms with Crippen LogP contribution >= 0.6 is 0 Å². The standard InChI is InChI=1S/C6H13NO2.C6H11NO.Na/c7-5-3-1-2-4-6(8)9;8-6-4-2-1-3-5-7-6;/h1-5,7H2,(H,8,9);1-5H2,(H,7,8);/q;;+1/p-1. The molecule has 1 amide bonds. The van der Waals surface area contributed by atoms with E-state index in [2.05, 4.69) is 5.32 Å².